The van der Waals surface area contributed by atoms with Crippen molar-refractivity contribution < 1.29 is 22.7 Å². The maximum absolute atomic E-state index is 12.9. The van der Waals surface area contributed by atoms with Gasteiger partial charge in [-0.2, -0.15) is 0 Å². The number of hydrogen-bond donors (Lipinski definition) is 1. The average molecular weight is 475 g/mol. The molecule has 3 aromatic rings. The van der Waals surface area contributed by atoms with E-state index < -0.39 is 22.5 Å². The molecular weight excluding hydrogens is 452 g/mol. The highest BCUT2D eigenvalue weighted by Gasteiger charge is 2.24. The van der Waals surface area contributed by atoms with E-state index in [0.29, 0.717) is 34.6 Å². The normalized spacial score (nSPS) is 11.0. The third-order valence-corrected chi connectivity index (χ3v) is 5.67. The molecule has 168 valence electrons. The van der Waals surface area contributed by atoms with Gasteiger partial charge in [0.15, 0.2) is 5.75 Å². The molecule has 1 amide bonds. The van der Waals surface area contributed by atoms with Crippen LogP contribution in [0.15, 0.2) is 72.8 Å². The zero-order valence-electron chi connectivity index (χ0n) is 17.6. The molecule has 3 rings (SSSR count). The lowest BCUT2D eigenvalue weighted by Gasteiger charge is -2.24. The van der Waals surface area contributed by atoms with Gasteiger partial charge in [-0.15, -0.1) is 0 Å². The van der Waals surface area contributed by atoms with Crippen LogP contribution < -0.4 is 19.1 Å². The van der Waals surface area contributed by atoms with E-state index in [1.54, 1.807) is 55.5 Å². The van der Waals surface area contributed by atoms with Crippen molar-refractivity contribution in [3.8, 4) is 17.2 Å². The van der Waals surface area contributed by atoms with E-state index in [1.807, 2.05) is 18.2 Å². The second kappa shape index (κ2) is 10.4. The van der Waals surface area contributed by atoms with E-state index in [-0.39, 0.29) is 5.69 Å². The fourth-order valence-corrected chi connectivity index (χ4v) is 3.98. The molecular formula is C23H23ClN2O5S. The van der Waals surface area contributed by atoms with Crippen LogP contribution in [0.25, 0.3) is 0 Å². The molecule has 0 aliphatic rings. The van der Waals surface area contributed by atoms with Crippen molar-refractivity contribution in [3.63, 3.8) is 0 Å². The average Bonchev–Trinajstić information content (AvgIpc) is 2.75. The Kier molecular flexibility index (Phi) is 7.61. The van der Waals surface area contributed by atoms with E-state index in [9.17, 15) is 13.2 Å². The van der Waals surface area contributed by atoms with Crippen molar-refractivity contribution in [1.82, 2.24) is 0 Å². The quantitative estimate of drug-likeness (QED) is 0.475. The molecule has 1 N–H and O–H groups in total. The molecule has 0 unspecified atom stereocenters. The summed E-state index contributed by atoms with van der Waals surface area (Å²) in [4.78, 5) is 12.9. The van der Waals surface area contributed by atoms with Crippen LogP contribution in [-0.4, -0.2) is 33.7 Å². The zero-order chi connectivity index (χ0) is 23.1. The zero-order valence-corrected chi connectivity index (χ0v) is 19.2. The summed E-state index contributed by atoms with van der Waals surface area (Å²) in [7, 11) is -3.78. The molecule has 0 aromatic heterocycles. The van der Waals surface area contributed by atoms with Gasteiger partial charge in [-0.1, -0.05) is 41.9 Å². The summed E-state index contributed by atoms with van der Waals surface area (Å²) in [6.45, 7) is 1.69. The predicted molar refractivity (Wildman–Crippen MR) is 126 cm³/mol. The van der Waals surface area contributed by atoms with Crippen LogP contribution in [0.1, 0.15) is 6.92 Å². The Bertz CT molecular complexity index is 1190. The molecule has 0 spiro atoms. The van der Waals surface area contributed by atoms with E-state index in [1.165, 1.54) is 6.07 Å². The van der Waals surface area contributed by atoms with Crippen molar-refractivity contribution in [2.24, 2.45) is 0 Å². The van der Waals surface area contributed by atoms with E-state index in [0.717, 1.165) is 10.6 Å². The molecule has 0 saturated heterocycles. The monoisotopic (exact) mass is 474 g/mol. The van der Waals surface area contributed by atoms with Crippen LogP contribution in [-0.2, 0) is 14.8 Å². The molecule has 0 fully saturated rings. The number of sulfonamides is 1. The van der Waals surface area contributed by atoms with Crippen LogP contribution in [0.4, 0.5) is 11.4 Å². The molecule has 0 aliphatic carbocycles. The highest BCUT2D eigenvalue weighted by Crippen LogP contribution is 2.33. The number of carbonyl (C=O) groups excluding carboxylic acids is 1. The highest BCUT2D eigenvalue weighted by molar-refractivity contribution is 7.92. The summed E-state index contributed by atoms with van der Waals surface area (Å²) >= 11 is 6.10. The minimum Gasteiger partial charge on any atom is -0.492 e. The molecule has 0 heterocycles. The lowest BCUT2D eigenvalue weighted by molar-refractivity contribution is -0.114. The minimum absolute atomic E-state index is 0.277. The van der Waals surface area contributed by atoms with Gasteiger partial charge in [0.05, 0.1) is 24.2 Å². The largest absolute Gasteiger partial charge is 0.492 e. The lowest BCUT2D eigenvalue weighted by Crippen LogP contribution is -2.37. The number of halogens is 1. The third-order valence-electron chi connectivity index (χ3n) is 4.31. The Morgan fingerprint density at radius 2 is 1.69 bits per heavy atom. The van der Waals surface area contributed by atoms with Crippen LogP contribution in [0.3, 0.4) is 0 Å². The van der Waals surface area contributed by atoms with Crippen LogP contribution >= 0.6 is 11.6 Å². The number of rotatable bonds is 9. The van der Waals surface area contributed by atoms with Crippen molar-refractivity contribution in [2.45, 2.75) is 6.92 Å². The predicted octanol–water partition coefficient (Wildman–Crippen LogP) is 4.94. The first-order valence-electron chi connectivity index (χ1n) is 9.79. The first-order valence-corrected chi connectivity index (χ1v) is 12.0. The van der Waals surface area contributed by atoms with Crippen LogP contribution in [0.5, 0.6) is 17.2 Å². The number of amides is 1. The molecule has 0 aliphatic heterocycles. The Labute approximate surface area is 192 Å². The lowest BCUT2D eigenvalue weighted by atomic mass is 10.2. The number of ether oxygens (including phenoxy) is 2. The second-order valence-corrected chi connectivity index (χ2v) is 9.12. The highest BCUT2D eigenvalue weighted by atomic mass is 35.5. The summed E-state index contributed by atoms with van der Waals surface area (Å²) in [5, 5.41) is 3.09. The summed E-state index contributed by atoms with van der Waals surface area (Å²) in [6, 6.07) is 20.5. The Balaban J connectivity index is 1.86. The topological polar surface area (TPSA) is 84.9 Å². The number of nitrogens with one attached hydrogen (secondary N) is 1. The van der Waals surface area contributed by atoms with Gasteiger partial charge in [0.25, 0.3) is 0 Å². The summed E-state index contributed by atoms with van der Waals surface area (Å²) in [5.74, 6) is 0.745. The molecule has 0 radical (unpaired) electrons. The second-order valence-electron chi connectivity index (χ2n) is 6.77. The smallest absolute Gasteiger partial charge is 0.245 e. The molecule has 7 nitrogen and oxygen atoms in total. The van der Waals surface area contributed by atoms with Gasteiger partial charge < -0.3 is 14.8 Å². The van der Waals surface area contributed by atoms with Gasteiger partial charge in [0.2, 0.25) is 15.9 Å². The number of para-hydroxylation sites is 3. The van der Waals surface area contributed by atoms with Crippen molar-refractivity contribution in [2.75, 3.05) is 29.0 Å². The SMILES string of the molecule is CCOc1ccccc1N(CC(=O)Nc1cc(Cl)ccc1Oc1ccccc1)S(C)(=O)=O. The van der Waals surface area contributed by atoms with Crippen molar-refractivity contribution in [1.29, 1.82) is 0 Å². The number of benzene rings is 3. The Morgan fingerprint density at radius 1 is 1.00 bits per heavy atom. The van der Waals surface area contributed by atoms with E-state index >= 15 is 0 Å². The molecule has 32 heavy (non-hydrogen) atoms. The minimum atomic E-state index is -3.78. The Hall–Kier alpha value is -3.23. The van der Waals surface area contributed by atoms with E-state index in [2.05, 4.69) is 5.32 Å². The number of anilines is 2. The maximum Gasteiger partial charge on any atom is 0.245 e. The standard InChI is InChI=1S/C23H23ClN2O5S/c1-3-30-22-12-8-7-11-20(22)26(32(2,28)29)16-23(27)25-19-15-17(24)13-14-21(19)31-18-9-5-4-6-10-18/h4-15H,3,16H2,1-2H3,(H,25,27). The van der Waals surface area contributed by atoms with Gasteiger partial charge in [0.1, 0.15) is 18.0 Å². The van der Waals surface area contributed by atoms with Crippen LogP contribution in [0, 0.1) is 0 Å². The van der Waals surface area contributed by atoms with Gasteiger partial charge in [-0.3, -0.25) is 9.10 Å². The van der Waals surface area contributed by atoms with Crippen LogP contribution in [0.2, 0.25) is 5.02 Å². The number of hydrogen-bond acceptors (Lipinski definition) is 5. The van der Waals surface area contributed by atoms with Crippen molar-refractivity contribution >= 4 is 38.9 Å². The fourth-order valence-electron chi connectivity index (χ4n) is 2.95. The Morgan fingerprint density at radius 3 is 2.38 bits per heavy atom. The van der Waals surface area contributed by atoms with Gasteiger partial charge in [0, 0.05) is 5.02 Å². The first kappa shape index (κ1) is 23.4. The first-order chi connectivity index (χ1) is 15.3. The number of carbonyl (C=O) groups is 1. The summed E-state index contributed by atoms with van der Waals surface area (Å²) in [5.41, 5.74) is 0.594. The molecule has 0 atom stereocenters. The molecule has 0 bridgehead atoms. The van der Waals surface area contributed by atoms with Gasteiger partial charge >= 0.3 is 0 Å². The molecule has 3 aromatic carbocycles. The summed E-state index contributed by atoms with van der Waals surface area (Å²) in [6.07, 6.45) is 1.03. The van der Waals surface area contributed by atoms with Gasteiger partial charge in [-0.05, 0) is 49.4 Å². The van der Waals surface area contributed by atoms with Gasteiger partial charge in [-0.25, -0.2) is 8.42 Å². The number of nitrogens with zero attached hydrogens (tertiary/aromatic N) is 1. The molecule has 0 saturated carbocycles. The fraction of sp³-hybridized carbons (Fsp3) is 0.174. The van der Waals surface area contributed by atoms with E-state index in [4.69, 9.17) is 21.1 Å². The maximum atomic E-state index is 12.9. The third kappa shape index (κ3) is 6.15. The van der Waals surface area contributed by atoms with Crippen molar-refractivity contribution in [3.05, 3.63) is 77.8 Å². The molecule has 9 heteroatoms. The summed E-state index contributed by atoms with van der Waals surface area (Å²) < 4.78 is 37.3.